The third-order valence-electron chi connectivity index (χ3n) is 3.95. The predicted molar refractivity (Wildman–Crippen MR) is 71.6 cm³/mol. The summed E-state index contributed by atoms with van der Waals surface area (Å²) in [6.07, 6.45) is 10.2. The van der Waals surface area contributed by atoms with Crippen LogP contribution in [0.1, 0.15) is 32.1 Å². The lowest BCUT2D eigenvalue weighted by Gasteiger charge is -2.18. The molecule has 0 aliphatic heterocycles. The summed E-state index contributed by atoms with van der Waals surface area (Å²) in [6.45, 7) is 0.675. The fraction of sp³-hybridized carbons (Fsp3) is 0.714. The lowest BCUT2D eigenvalue weighted by atomic mass is 10.1. The Morgan fingerprint density at radius 2 is 2.30 bits per heavy atom. The Kier molecular flexibility index (Phi) is 5.47. The Balaban J connectivity index is 1.52. The molecule has 20 heavy (non-hydrogen) atoms. The first-order valence-electron chi connectivity index (χ1n) is 7.07. The van der Waals surface area contributed by atoms with Gasteiger partial charge in [0.15, 0.2) is 6.04 Å². The van der Waals surface area contributed by atoms with Crippen LogP contribution in [0.25, 0.3) is 0 Å². The van der Waals surface area contributed by atoms with Gasteiger partial charge in [-0.3, -0.25) is 4.84 Å². The number of carbonyl (C=O) groups excluding carboxylic acids is 1. The number of fused-ring (bicyclic) bond motifs is 2. The molecule has 6 nitrogen and oxygen atoms in total. The number of hydrogen-bond donors (Lipinski definition) is 2. The molecule has 110 valence electrons. The van der Waals surface area contributed by atoms with E-state index in [9.17, 15) is 9.59 Å². The molecule has 2 rings (SSSR count). The number of hydrogen-bond acceptors (Lipinski definition) is 5. The summed E-state index contributed by atoms with van der Waals surface area (Å²) in [4.78, 5) is 29.7. The average molecular weight is 280 g/mol. The van der Waals surface area contributed by atoms with Crippen LogP contribution >= 0.6 is 0 Å². The molecular weight excluding hydrogens is 260 g/mol. The number of hydroxylamine groups is 1. The van der Waals surface area contributed by atoms with E-state index in [0.717, 1.165) is 12.8 Å². The molecule has 0 heterocycles. The van der Waals surface area contributed by atoms with Crippen molar-refractivity contribution in [3.63, 3.8) is 0 Å². The largest absolute Gasteiger partial charge is 0.480 e. The monoisotopic (exact) mass is 280 g/mol. The fourth-order valence-electron chi connectivity index (χ4n) is 2.87. The topological polar surface area (TPSA) is 88.0 Å². The summed E-state index contributed by atoms with van der Waals surface area (Å²) in [5, 5.41) is 8.79. The Hall–Kier alpha value is -1.49. The summed E-state index contributed by atoms with van der Waals surface area (Å²) in [5.41, 5.74) is 2.96. The zero-order chi connectivity index (χ0) is 14.4. The Morgan fingerprint density at radius 1 is 1.45 bits per heavy atom. The number of carboxylic acid groups (broad SMARTS) is 1. The molecule has 6 heteroatoms. The SMILES string of the molecule is O=C=NC(CCCCNOC1CC2C=CC1C2)C(=O)O. The van der Waals surface area contributed by atoms with Gasteiger partial charge in [0.25, 0.3) is 0 Å². The molecule has 0 saturated heterocycles. The van der Waals surface area contributed by atoms with Crippen LogP contribution in [-0.2, 0) is 14.4 Å². The van der Waals surface area contributed by atoms with Crippen LogP contribution < -0.4 is 5.48 Å². The second kappa shape index (κ2) is 7.33. The highest BCUT2D eigenvalue weighted by Gasteiger charge is 2.36. The van der Waals surface area contributed by atoms with E-state index >= 15 is 0 Å². The van der Waals surface area contributed by atoms with Crippen molar-refractivity contribution in [2.24, 2.45) is 16.8 Å². The molecule has 0 spiro atoms. The van der Waals surface area contributed by atoms with Crippen LogP contribution in [0.4, 0.5) is 0 Å². The number of aliphatic imine (C=N–C) groups is 1. The number of allylic oxidation sites excluding steroid dienone is 1. The van der Waals surface area contributed by atoms with Crippen molar-refractivity contribution in [1.82, 2.24) is 5.48 Å². The third-order valence-corrected chi connectivity index (χ3v) is 3.95. The fourth-order valence-corrected chi connectivity index (χ4v) is 2.87. The summed E-state index contributed by atoms with van der Waals surface area (Å²) >= 11 is 0. The summed E-state index contributed by atoms with van der Waals surface area (Å²) in [5.74, 6) is 0.154. The van der Waals surface area contributed by atoms with Gasteiger partial charge < -0.3 is 5.11 Å². The van der Waals surface area contributed by atoms with Crippen molar-refractivity contribution < 1.29 is 19.5 Å². The highest BCUT2D eigenvalue weighted by atomic mass is 16.7. The minimum atomic E-state index is -1.08. The normalized spacial score (nSPS) is 28.3. The van der Waals surface area contributed by atoms with Gasteiger partial charge in [0, 0.05) is 12.5 Å². The van der Waals surface area contributed by atoms with Gasteiger partial charge >= 0.3 is 5.97 Å². The molecule has 2 aliphatic rings. The van der Waals surface area contributed by atoms with Crippen molar-refractivity contribution in [1.29, 1.82) is 0 Å². The van der Waals surface area contributed by atoms with Gasteiger partial charge in [-0.1, -0.05) is 12.2 Å². The first kappa shape index (κ1) is 14.9. The summed E-state index contributed by atoms with van der Waals surface area (Å²) in [7, 11) is 0. The number of rotatable bonds is 9. The van der Waals surface area contributed by atoms with Crippen LogP contribution in [0.15, 0.2) is 17.1 Å². The molecule has 2 aliphatic carbocycles. The lowest BCUT2D eigenvalue weighted by Crippen LogP contribution is -2.28. The molecule has 1 saturated carbocycles. The molecule has 1 fully saturated rings. The number of nitrogens with zero attached hydrogens (tertiary/aromatic N) is 1. The molecule has 0 amide bonds. The Bertz CT molecular complexity index is 415. The lowest BCUT2D eigenvalue weighted by molar-refractivity contribution is -0.138. The van der Waals surface area contributed by atoms with Crippen molar-refractivity contribution in [3.8, 4) is 0 Å². The molecule has 0 radical (unpaired) electrons. The predicted octanol–water partition coefficient (Wildman–Crippen LogP) is 1.43. The number of unbranched alkanes of at least 4 members (excludes halogenated alkanes) is 1. The maximum atomic E-state index is 10.7. The molecule has 2 bridgehead atoms. The van der Waals surface area contributed by atoms with Gasteiger partial charge in [0.05, 0.1) is 6.10 Å². The van der Waals surface area contributed by atoms with Gasteiger partial charge in [-0.15, -0.1) is 0 Å². The van der Waals surface area contributed by atoms with E-state index in [1.807, 2.05) is 0 Å². The van der Waals surface area contributed by atoms with E-state index in [2.05, 4.69) is 22.6 Å². The van der Waals surface area contributed by atoms with Crippen molar-refractivity contribution >= 4 is 12.0 Å². The highest BCUT2D eigenvalue weighted by Crippen LogP contribution is 2.40. The maximum Gasteiger partial charge on any atom is 0.329 e. The van der Waals surface area contributed by atoms with Crippen LogP contribution in [0.3, 0.4) is 0 Å². The minimum absolute atomic E-state index is 0.274. The minimum Gasteiger partial charge on any atom is -0.480 e. The van der Waals surface area contributed by atoms with E-state index in [4.69, 9.17) is 9.94 Å². The van der Waals surface area contributed by atoms with Gasteiger partial charge in [-0.2, -0.15) is 4.99 Å². The van der Waals surface area contributed by atoms with Gasteiger partial charge in [0.1, 0.15) is 0 Å². The van der Waals surface area contributed by atoms with E-state index in [1.54, 1.807) is 0 Å². The second-order valence-electron chi connectivity index (χ2n) is 5.40. The second-order valence-corrected chi connectivity index (χ2v) is 5.40. The van der Waals surface area contributed by atoms with Crippen LogP contribution in [-0.4, -0.2) is 35.8 Å². The van der Waals surface area contributed by atoms with Crippen molar-refractivity contribution in [3.05, 3.63) is 12.2 Å². The third kappa shape index (κ3) is 4.00. The first-order valence-corrected chi connectivity index (χ1v) is 7.07. The standard InChI is InChI=1S/C14H20N2O4/c17-9-15-12(14(18)19)3-1-2-6-16-20-13-8-10-4-5-11(13)7-10/h4-5,10-13,16H,1-3,6-8H2,(H,18,19). The smallest absolute Gasteiger partial charge is 0.329 e. The van der Waals surface area contributed by atoms with Crippen LogP contribution in [0.5, 0.6) is 0 Å². The number of aliphatic carboxylic acids is 1. The number of isocyanates is 1. The zero-order valence-corrected chi connectivity index (χ0v) is 11.3. The first-order chi connectivity index (χ1) is 9.70. The summed E-state index contributed by atoms with van der Waals surface area (Å²) < 4.78 is 0. The van der Waals surface area contributed by atoms with E-state index in [1.165, 1.54) is 12.5 Å². The number of nitrogens with one attached hydrogen (secondary N) is 1. The quantitative estimate of drug-likeness (QED) is 0.219. The molecule has 0 aromatic carbocycles. The van der Waals surface area contributed by atoms with Crippen LogP contribution in [0, 0.1) is 11.8 Å². The van der Waals surface area contributed by atoms with Gasteiger partial charge in [-0.05, 0) is 38.0 Å². The summed E-state index contributed by atoms with van der Waals surface area (Å²) in [6, 6.07) is -0.968. The number of carbonyl (C=O) groups is 1. The molecule has 4 unspecified atom stereocenters. The van der Waals surface area contributed by atoms with Crippen LogP contribution in [0.2, 0.25) is 0 Å². The zero-order valence-electron chi connectivity index (χ0n) is 11.3. The molecule has 0 aromatic heterocycles. The van der Waals surface area contributed by atoms with Crippen molar-refractivity contribution in [2.75, 3.05) is 6.54 Å². The molecule has 0 aromatic rings. The van der Waals surface area contributed by atoms with Crippen molar-refractivity contribution in [2.45, 2.75) is 44.2 Å². The Morgan fingerprint density at radius 3 is 2.90 bits per heavy atom. The highest BCUT2D eigenvalue weighted by molar-refractivity contribution is 5.74. The van der Waals surface area contributed by atoms with Gasteiger partial charge in [0.2, 0.25) is 6.08 Å². The number of carboxylic acids is 1. The maximum absolute atomic E-state index is 10.7. The van der Waals surface area contributed by atoms with E-state index in [0.29, 0.717) is 31.2 Å². The Labute approximate surface area is 117 Å². The average Bonchev–Trinajstić information content (AvgIpc) is 3.03. The van der Waals surface area contributed by atoms with Gasteiger partial charge in [-0.25, -0.2) is 15.1 Å². The molecular formula is C14H20N2O4. The van der Waals surface area contributed by atoms with E-state index < -0.39 is 12.0 Å². The molecule has 2 N–H and O–H groups in total. The molecule has 4 atom stereocenters. The van der Waals surface area contributed by atoms with E-state index in [-0.39, 0.29) is 6.10 Å².